The van der Waals surface area contributed by atoms with Gasteiger partial charge in [0.15, 0.2) is 0 Å². The van der Waals surface area contributed by atoms with Gasteiger partial charge in [0, 0.05) is 30.8 Å². The summed E-state index contributed by atoms with van der Waals surface area (Å²) >= 11 is 0. The first-order valence-corrected chi connectivity index (χ1v) is 12.7. The summed E-state index contributed by atoms with van der Waals surface area (Å²) in [5.74, 6) is -0.0309. The van der Waals surface area contributed by atoms with E-state index in [4.69, 9.17) is 14.6 Å². The predicted octanol–water partition coefficient (Wildman–Crippen LogP) is 1.39. The molecule has 1 aliphatic heterocycles. The lowest BCUT2D eigenvalue weighted by molar-refractivity contribution is -0.120. The number of hydrogen-bond acceptors (Lipinski definition) is 7. The first kappa shape index (κ1) is 24.0. The van der Waals surface area contributed by atoms with Crippen LogP contribution in [0, 0.1) is 5.92 Å². The van der Waals surface area contributed by atoms with E-state index in [2.05, 4.69) is 5.32 Å². The predicted molar refractivity (Wildman–Crippen MR) is 117 cm³/mol. The van der Waals surface area contributed by atoms with E-state index in [-0.39, 0.29) is 40.5 Å². The average molecular weight is 484 g/mol. The highest BCUT2D eigenvalue weighted by molar-refractivity contribution is 7.89. The molecule has 1 aliphatic rings. The van der Waals surface area contributed by atoms with Gasteiger partial charge in [-0.1, -0.05) is 0 Å². The number of primary sulfonamides is 1. The van der Waals surface area contributed by atoms with Gasteiger partial charge >= 0.3 is 0 Å². The molecule has 2 aromatic carbocycles. The van der Waals surface area contributed by atoms with Crippen molar-refractivity contribution in [2.24, 2.45) is 11.1 Å². The highest BCUT2D eigenvalue weighted by atomic mass is 32.2. The summed E-state index contributed by atoms with van der Waals surface area (Å²) in [5.41, 5.74) is 0.429. The summed E-state index contributed by atoms with van der Waals surface area (Å²) in [6.45, 7) is 0.344. The minimum absolute atomic E-state index is 0.0113. The number of sulfonamides is 2. The van der Waals surface area contributed by atoms with E-state index in [1.807, 2.05) is 0 Å². The second-order valence-corrected chi connectivity index (χ2v) is 10.7. The van der Waals surface area contributed by atoms with Crippen LogP contribution in [0.3, 0.4) is 0 Å². The van der Waals surface area contributed by atoms with Crippen molar-refractivity contribution in [1.29, 1.82) is 0 Å². The Bertz CT molecular complexity index is 1190. The zero-order valence-corrected chi connectivity index (χ0v) is 19.3. The van der Waals surface area contributed by atoms with Gasteiger partial charge < -0.3 is 14.8 Å². The zero-order chi connectivity index (χ0) is 23.5. The molecule has 0 spiro atoms. The summed E-state index contributed by atoms with van der Waals surface area (Å²) in [7, 11) is -4.80. The van der Waals surface area contributed by atoms with E-state index in [1.54, 1.807) is 6.07 Å². The number of ether oxygens (including phenoxy) is 2. The smallest absolute Gasteiger partial charge is 0.246 e. The molecular formula is C20H25N3O7S2. The van der Waals surface area contributed by atoms with Gasteiger partial charge in [0.1, 0.15) is 16.4 Å². The topological polar surface area (TPSA) is 145 Å². The molecule has 0 bridgehead atoms. The van der Waals surface area contributed by atoms with Gasteiger partial charge in [-0.2, -0.15) is 4.31 Å². The number of carbonyl (C=O) groups is 1. The number of carbonyl (C=O) groups excluding carboxylic acids is 1. The maximum atomic E-state index is 13.1. The van der Waals surface area contributed by atoms with Crippen LogP contribution < -0.4 is 19.9 Å². The number of hydrogen-bond donors (Lipinski definition) is 2. The van der Waals surface area contributed by atoms with Crippen molar-refractivity contribution in [3.8, 4) is 11.5 Å². The Labute approximate surface area is 187 Å². The molecule has 3 N–H and O–H groups in total. The monoisotopic (exact) mass is 483 g/mol. The molecule has 1 saturated heterocycles. The number of benzene rings is 2. The summed E-state index contributed by atoms with van der Waals surface area (Å²) in [6, 6.07) is 10.1. The van der Waals surface area contributed by atoms with Crippen molar-refractivity contribution in [2.75, 3.05) is 32.6 Å². The standard InChI is InChI=1S/C20H25N3O7S2/c1-29-16-5-8-18(30-2)19(13-16)32(27,28)23-11-9-14(10-12-23)20(24)22-15-3-6-17(7-4-15)31(21,25)26/h3-8,13-14H,9-12H2,1-2H3,(H,22,24)(H2,21,25,26). The second-order valence-electron chi connectivity index (χ2n) is 7.25. The van der Waals surface area contributed by atoms with Gasteiger partial charge in [0.2, 0.25) is 26.0 Å². The van der Waals surface area contributed by atoms with Crippen LogP contribution in [-0.2, 0) is 24.8 Å². The Balaban J connectivity index is 1.66. The Morgan fingerprint density at radius 2 is 1.62 bits per heavy atom. The van der Waals surface area contributed by atoms with Crippen molar-refractivity contribution >= 4 is 31.6 Å². The minimum atomic E-state index is -3.84. The Morgan fingerprint density at radius 1 is 1.00 bits per heavy atom. The van der Waals surface area contributed by atoms with Gasteiger partial charge in [-0.05, 0) is 49.2 Å². The van der Waals surface area contributed by atoms with Gasteiger partial charge in [0.05, 0.1) is 19.1 Å². The van der Waals surface area contributed by atoms with E-state index < -0.39 is 20.0 Å². The second kappa shape index (κ2) is 9.45. The lowest BCUT2D eigenvalue weighted by Crippen LogP contribution is -2.41. The molecule has 0 aliphatic carbocycles. The van der Waals surface area contributed by atoms with Crippen LogP contribution in [0.15, 0.2) is 52.3 Å². The molecule has 174 valence electrons. The fraction of sp³-hybridized carbons (Fsp3) is 0.350. The van der Waals surface area contributed by atoms with Crippen LogP contribution in [0.5, 0.6) is 11.5 Å². The van der Waals surface area contributed by atoms with Crippen molar-refractivity contribution in [3.05, 3.63) is 42.5 Å². The van der Waals surface area contributed by atoms with Gasteiger partial charge in [-0.25, -0.2) is 22.0 Å². The van der Waals surface area contributed by atoms with E-state index >= 15 is 0 Å². The normalized spacial score (nSPS) is 15.8. The number of rotatable bonds is 7. The van der Waals surface area contributed by atoms with Gasteiger partial charge in [0.25, 0.3) is 0 Å². The maximum absolute atomic E-state index is 13.1. The molecule has 0 radical (unpaired) electrons. The summed E-state index contributed by atoms with van der Waals surface area (Å²) in [5, 5.41) is 7.80. The quantitative estimate of drug-likeness (QED) is 0.605. The Hall–Kier alpha value is -2.67. The molecule has 0 unspecified atom stereocenters. The molecule has 1 heterocycles. The van der Waals surface area contributed by atoms with Crippen LogP contribution in [-0.4, -0.2) is 54.4 Å². The van der Waals surface area contributed by atoms with E-state index in [1.165, 1.54) is 54.9 Å². The molecule has 10 nitrogen and oxygen atoms in total. The van der Waals surface area contributed by atoms with Crippen LogP contribution in [0.25, 0.3) is 0 Å². The van der Waals surface area contributed by atoms with Crippen LogP contribution in [0.4, 0.5) is 5.69 Å². The minimum Gasteiger partial charge on any atom is -0.497 e. The Morgan fingerprint density at radius 3 is 2.16 bits per heavy atom. The summed E-state index contributed by atoms with van der Waals surface area (Å²) in [6.07, 6.45) is 0.680. The lowest BCUT2D eigenvalue weighted by Gasteiger charge is -2.31. The summed E-state index contributed by atoms with van der Waals surface area (Å²) < 4.78 is 60.6. The third kappa shape index (κ3) is 5.21. The van der Waals surface area contributed by atoms with Crippen molar-refractivity contribution in [2.45, 2.75) is 22.6 Å². The SMILES string of the molecule is COc1ccc(OC)c(S(=O)(=O)N2CCC(C(=O)Nc3ccc(S(N)(=O)=O)cc3)CC2)c1. The number of nitrogens with one attached hydrogen (secondary N) is 1. The molecule has 12 heteroatoms. The molecule has 1 fully saturated rings. The molecular weight excluding hydrogens is 458 g/mol. The largest absolute Gasteiger partial charge is 0.497 e. The molecule has 1 amide bonds. The number of nitrogens with zero attached hydrogens (tertiary/aromatic N) is 1. The average Bonchev–Trinajstić information content (AvgIpc) is 2.78. The van der Waals surface area contributed by atoms with Crippen molar-refractivity contribution < 1.29 is 31.1 Å². The molecule has 2 aromatic rings. The molecule has 3 rings (SSSR count). The lowest BCUT2D eigenvalue weighted by atomic mass is 9.97. The molecule has 0 saturated carbocycles. The zero-order valence-electron chi connectivity index (χ0n) is 17.6. The fourth-order valence-corrected chi connectivity index (χ4v) is 5.61. The van der Waals surface area contributed by atoms with E-state index in [0.717, 1.165) is 0 Å². The van der Waals surface area contributed by atoms with Crippen LogP contribution in [0.1, 0.15) is 12.8 Å². The molecule has 0 atom stereocenters. The highest BCUT2D eigenvalue weighted by Gasteiger charge is 2.34. The number of anilines is 1. The fourth-order valence-electron chi connectivity index (χ4n) is 3.46. The van der Waals surface area contributed by atoms with E-state index in [9.17, 15) is 21.6 Å². The number of nitrogens with two attached hydrogens (primary N) is 1. The Kier molecular flexibility index (Phi) is 7.08. The molecule has 32 heavy (non-hydrogen) atoms. The third-order valence-electron chi connectivity index (χ3n) is 5.26. The van der Waals surface area contributed by atoms with Gasteiger partial charge in [-0.15, -0.1) is 0 Å². The first-order valence-electron chi connectivity index (χ1n) is 9.72. The summed E-state index contributed by atoms with van der Waals surface area (Å²) in [4.78, 5) is 12.6. The van der Waals surface area contributed by atoms with Crippen molar-refractivity contribution in [3.63, 3.8) is 0 Å². The van der Waals surface area contributed by atoms with Crippen LogP contribution in [0.2, 0.25) is 0 Å². The third-order valence-corrected chi connectivity index (χ3v) is 8.11. The van der Waals surface area contributed by atoms with E-state index in [0.29, 0.717) is 24.3 Å². The number of amides is 1. The number of piperidine rings is 1. The number of methoxy groups -OCH3 is 2. The van der Waals surface area contributed by atoms with Gasteiger partial charge in [-0.3, -0.25) is 4.79 Å². The highest BCUT2D eigenvalue weighted by Crippen LogP contribution is 2.32. The first-order chi connectivity index (χ1) is 15.1. The maximum Gasteiger partial charge on any atom is 0.246 e. The van der Waals surface area contributed by atoms with Crippen LogP contribution >= 0.6 is 0 Å². The molecule has 0 aromatic heterocycles. The van der Waals surface area contributed by atoms with Crippen molar-refractivity contribution in [1.82, 2.24) is 4.31 Å².